The standard InChI is InChI=1S/C44H28N6/c1-44(2)36-19-11-9-17-29(36)32-24-40-33(23-37(32)44)30-18-10-12-20-38(30)50(40)39-22-21-31(34(25-45)35(39)26-46)43-48-41(27-13-5-3-6-14-27)47-42(49-43)28-15-7-4-8-16-28/h3-24H,1-2H3. The molecule has 0 saturated heterocycles. The smallest absolute Gasteiger partial charge is 0.165 e. The highest BCUT2D eigenvalue weighted by Gasteiger charge is 2.36. The molecule has 234 valence electrons. The first-order valence-electron chi connectivity index (χ1n) is 16.5. The zero-order valence-electron chi connectivity index (χ0n) is 27.4. The number of nitrogens with zero attached hydrogens (tertiary/aromatic N) is 6. The highest BCUT2D eigenvalue weighted by Crippen LogP contribution is 2.51. The first-order valence-corrected chi connectivity index (χ1v) is 16.5. The number of benzene rings is 6. The summed E-state index contributed by atoms with van der Waals surface area (Å²) in [7, 11) is 0. The van der Waals surface area contributed by atoms with Crippen molar-refractivity contribution in [3.8, 4) is 63.1 Å². The van der Waals surface area contributed by atoms with Crippen LogP contribution >= 0.6 is 0 Å². The molecular formula is C44H28N6. The Kier molecular flexibility index (Phi) is 6.49. The third-order valence-corrected chi connectivity index (χ3v) is 9.96. The van der Waals surface area contributed by atoms with Gasteiger partial charge in [-0.05, 0) is 52.6 Å². The van der Waals surface area contributed by atoms with Gasteiger partial charge in [-0.15, -0.1) is 0 Å². The second kappa shape index (κ2) is 11.1. The molecule has 8 aromatic rings. The van der Waals surface area contributed by atoms with Gasteiger partial charge in [0.15, 0.2) is 17.5 Å². The summed E-state index contributed by atoms with van der Waals surface area (Å²) in [5.41, 5.74) is 10.00. The van der Waals surface area contributed by atoms with Crippen molar-refractivity contribution in [1.29, 1.82) is 10.5 Å². The van der Waals surface area contributed by atoms with E-state index in [4.69, 9.17) is 15.0 Å². The molecule has 2 aromatic heterocycles. The summed E-state index contributed by atoms with van der Waals surface area (Å²) in [6.45, 7) is 4.56. The van der Waals surface area contributed by atoms with Gasteiger partial charge in [-0.25, -0.2) is 15.0 Å². The molecule has 1 aliphatic carbocycles. The number of para-hydroxylation sites is 1. The van der Waals surface area contributed by atoms with Crippen LogP contribution in [0, 0.1) is 22.7 Å². The van der Waals surface area contributed by atoms with Crippen LogP contribution < -0.4 is 0 Å². The molecule has 50 heavy (non-hydrogen) atoms. The van der Waals surface area contributed by atoms with Crippen LogP contribution in [0.15, 0.2) is 133 Å². The monoisotopic (exact) mass is 640 g/mol. The largest absolute Gasteiger partial charge is 0.308 e. The summed E-state index contributed by atoms with van der Waals surface area (Å²) in [4.78, 5) is 14.5. The molecule has 0 saturated carbocycles. The van der Waals surface area contributed by atoms with Gasteiger partial charge in [0, 0.05) is 32.9 Å². The van der Waals surface area contributed by atoms with E-state index in [1.54, 1.807) is 0 Å². The molecule has 2 heterocycles. The minimum absolute atomic E-state index is 0.154. The molecular weight excluding hydrogens is 613 g/mol. The average Bonchev–Trinajstić information content (AvgIpc) is 3.61. The van der Waals surface area contributed by atoms with E-state index in [-0.39, 0.29) is 16.5 Å². The van der Waals surface area contributed by atoms with Gasteiger partial charge in [0.25, 0.3) is 0 Å². The molecule has 0 aliphatic heterocycles. The van der Waals surface area contributed by atoms with E-state index in [0.717, 1.165) is 32.9 Å². The molecule has 0 atom stereocenters. The fourth-order valence-electron chi connectivity index (χ4n) is 7.55. The maximum atomic E-state index is 10.8. The highest BCUT2D eigenvalue weighted by atomic mass is 15.0. The summed E-state index contributed by atoms with van der Waals surface area (Å²) in [5.74, 6) is 1.30. The van der Waals surface area contributed by atoms with Crippen molar-refractivity contribution in [3.63, 3.8) is 0 Å². The number of hydrogen-bond acceptors (Lipinski definition) is 5. The van der Waals surface area contributed by atoms with Gasteiger partial charge in [-0.3, -0.25) is 0 Å². The lowest BCUT2D eigenvalue weighted by Crippen LogP contribution is -2.14. The molecule has 0 bridgehead atoms. The van der Waals surface area contributed by atoms with Crippen LogP contribution in [0.3, 0.4) is 0 Å². The number of nitriles is 2. The van der Waals surface area contributed by atoms with Crippen molar-refractivity contribution in [3.05, 3.63) is 156 Å². The van der Waals surface area contributed by atoms with Crippen molar-refractivity contribution in [2.24, 2.45) is 0 Å². The number of aromatic nitrogens is 4. The molecule has 6 aromatic carbocycles. The van der Waals surface area contributed by atoms with E-state index >= 15 is 0 Å². The Labute approximate surface area is 289 Å². The van der Waals surface area contributed by atoms with E-state index in [0.29, 0.717) is 28.7 Å². The van der Waals surface area contributed by atoms with E-state index in [9.17, 15) is 10.5 Å². The van der Waals surface area contributed by atoms with Gasteiger partial charge in [0.05, 0.1) is 27.8 Å². The lowest BCUT2D eigenvalue weighted by molar-refractivity contribution is 0.661. The van der Waals surface area contributed by atoms with Crippen LogP contribution in [0.5, 0.6) is 0 Å². The zero-order chi connectivity index (χ0) is 34.0. The first kappa shape index (κ1) is 29.3. The van der Waals surface area contributed by atoms with Crippen LogP contribution in [0.25, 0.3) is 72.8 Å². The van der Waals surface area contributed by atoms with Crippen LogP contribution in [0.4, 0.5) is 0 Å². The quantitative estimate of drug-likeness (QED) is 0.191. The van der Waals surface area contributed by atoms with Gasteiger partial charge >= 0.3 is 0 Å². The highest BCUT2D eigenvalue weighted by molar-refractivity contribution is 6.11. The van der Waals surface area contributed by atoms with Crippen molar-refractivity contribution in [2.45, 2.75) is 19.3 Å². The minimum atomic E-state index is -0.154. The Bertz CT molecular complexity index is 2690. The first-order chi connectivity index (χ1) is 24.5. The maximum Gasteiger partial charge on any atom is 0.165 e. The Morgan fingerprint density at radius 2 is 1.10 bits per heavy atom. The van der Waals surface area contributed by atoms with Crippen LogP contribution in [0.2, 0.25) is 0 Å². The van der Waals surface area contributed by atoms with Crippen molar-refractivity contribution in [2.75, 3.05) is 0 Å². The Morgan fingerprint density at radius 1 is 0.500 bits per heavy atom. The molecule has 0 fully saturated rings. The molecule has 9 rings (SSSR count). The van der Waals surface area contributed by atoms with Crippen molar-refractivity contribution < 1.29 is 0 Å². The van der Waals surface area contributed by atoms with Gasteiger partial charge in [-0.1, -0.05) is 117 Å². The number of fused-ring (bicyclic) bond motifs is 6. The fourth-order valence-corrected chi connectivity index (χ4v) is 7.55. The topological polar surface area (TPSA) is 91.2 Å². The summed E-state index contributed by atoms with van der Waals surface area (Å²) in [5, 5.41) is 23.7. The minimum Gasteiger partial charge on any atom is -0.308 e. The zero-order valence-corrected chi connectivity index (χ0v) is 27.4. The summed E-state index contributed by atoms with van der Waals surface area (Å²) < 4.78 is 2.13. The summed E-state index contributed by atoms with van der Waals surface area (Å²) in [6, 6.07) is 49.4. The second-order valence-corrected chi connectivity index (χ2v) is 13.1. The van der Waals surface area contributed by atoms with Crippen LogP contribution in [-0.4, -0.2) is 19.5 Å². The average molecular weight is 641 g/mol. The second-order valence-electron chi connectivity index (χ2n) is 13.1. The lowest BCUT2D eigenvalue weighted by Gasteiger charge is -2.21. The summed E-state index contributed by atoms with van der Waals surface area (Å²) in [6.07, 6.45) is 0. The van der Waals surface area contributed by atoms with E-state index in [2.05, 4.69) is 79.1 Å². The van der Waals surface area contributed by atoms with E-state index < -0.39 is 0 Å². The molecule has 0 unspecified atom stereocenters. The molecule has 6 heteroatoms. The SMILES string of the molecule is CC1(C)c2ccccc2-c2cc3c(cc21)c1ccccc1n3-c1ccc(-c2nc(-c3ccccc3)nc(-c3ccccc3)n2)c(C#N)c1C#N. The molecule has 0 radical (unpaired) electrons. The fraction of sp³-hybridized carbons (Fsp3) is 0.0682. The lowest BCUT2D eigenvalue weighted by atomic mass is 9.82. The molecule has 0 spiro atoms. The molecule has 6 nitrogen and oxygen atoms in total. The van der Waals surface area contributed by atoms with Gasteiger partial charge < -0.3 is 4.57 Å². The van der Waals surface area contributed by atoms with Crippen molar-refractivity contribution in [1.82, 2.24) is 19.5 Å². The predicted molar refractivity (Wildman–Crippen MR) is 197 cm³/mol. The predicted octanol–water partition coefficient (Wildman–Crippen LogP) is 10.0. The Morgan fingerprint density at radius 3 is 1.78 bits per heavy atom. The third kappa shape index (κ3) is 4.29. The van der Waals surface area contributed by atoms with Gasteiger partial charge in [0.1, 0.15) is 12.1 Å². The van der Waals surface area contributed by atoms with E-state index in [1.165, 1.54) is 22.3 Å². The molecule has 0 N–H and O–H groups in total. The normalized spacial score (nSPS) is 12.7. The third-order valence-electron chi connectivity index (χ3n) is 9.96. The van der Waals surface area contributed by atoms with E-state index in [1.807, 2.05) is 84.9 Å². The molecule has 0 amide bonds. The van der Waals surface area contributed by atoms with Crippen LogP contribution in [0.1, 0.15) is 36.1 Å². The molecule has 1 aliphatic rings. The number of rotatable bonds is 4. The van der Waals surface area contributed by atoms with Gasteiger partial charge in [-0.2, -0.15) is 10.5 Å². The number of hydrogen-bond donors (Lipinski definition) is 0. The Hall–Kier alpha value is -6.89. The van der Waals surface area contributed by atoms with Crippen molar-refractivity contribution >= 4 is 21.8 Å². The Balaban J connectivity index is 1.30. The van der Waals surface area contributed by atoms with Crippen LogP contribution in [-0.2, 0) is 5.41 Å². The maximum absolute atomic E-state index is 10.8. The van der Waals surface area contributed by atoms with Gasteiger partial charge in [0.2, 0.25) is 0 Å². The summed E-state index contributed by atoms with van der Waals surface area (Å²) >= 11 is 0.